The van der Waals surface area contributed by atoms with Crippen molar-refractivity contribution in [1.82, 2.24) is 4.57 Å². The molecule has 0 fully saturated rings. The van der Waals surface area contributed by atoms with Gasteiger partial charge in [-0.1, -0.05) is 0 Å². The van der Waals surface area contributed by atoms with Crippen molar-refractivity contribution < 1.29 is 13.5 Å². The second kappa shape index (κ2) is 4.31. The fourth-order valence-electron chi connectivity index (χ4n) is 2.26. The molecular weight excluding hydrogens is 250 g/mol. The molecule has 0 aliphatic heterocycles. The summed E-state index contributed by atoms with van der Waals surface area (Å²) < 4.78 is 24.9. The van der Waals surface area contributed by atoms with E-state index in [0.29, 0.717) is 0 Å². The van der Waals surface area contributed by atoms with Crippen LogP contribution < -0.4 is 0 Å². The van der Waals surface area contributed by atoms with Gasteiger partial charge in [0.15, 0.2) is 9.84 Å². The van der Waals surface area contributed by atoms with E-state index in [2.05, 4.69) is 0 Å². The topological polar surface area (TPSA) is 59.3 Å². The number of phenolic OH excluding ortho intramolecular Hbond substituents is 1. The number of aromatic nitrogens is 1. The number of sulfone groups is 1. The Kier molecular flexibility index (Phi) is 3.11. The Balaban J connectivity index is 2.69. The summed E-state index contributed by atoms with van der Waals surface area (Å²) in [6.07, 6.45) is 1.23. The predicted molar refractivity (Wildman–Crippen MR) is 72.5 cm³/mol. The van der Waals surface area contributed by atoms with Crippen LogP contribution in [-0.4, -0.2) is 24.3 Å². The predicted octanol–water partition coefficient (Wildman–Crippen LogP) is 2.47. The maximum atomic E-state index is 11.5. The largest absolute Gasteiger partial charge is 0.508 e. The molecule has 0 spiro atoms. The fourth-order valence-corrected chi connectivity index (χ4v) is 3.02. The molecule has 1 aromatic heterocycles. The van der Waals surface area contributed by atoms with E-state index in [9.17, 15) is 13.5 Å². The Labute approximate surface area is 107 Å². The molecule has 98 valence electrons. The Morgan fingerprint density at radius 3 is 2.50 bits per heavy atom. The van der Waals surface area contributed by atoms with Gasteiger partial charge in [-0.25, -0.2) is 8.42 Å². The van der Waals surface area contributed by atoms with Crippen LogP contribution in [0, 0.1) is 0 Å². The van der Waals surface area contributed by atoms with Crippen molar-refractivity contribution in [2.24, 2.45) is 0 Å². The second-order valence-corrected chi connectivity index (χ2v) is 7.05. The van der Waals surface area contributed by atoms with E-state index >= 15 is 0 Å². The van der Waals surface area contributed by atoms with Gasteiger partial charge in [0.1, 0.15) is 5.75 Å². The molecule has 0 atom stereocenters. The summed E-state index contributed by atoms with van der Waals surface area (Å²) in [7, 11) is -3.07. The van der Waals surface area contributed by atoms with Crippen LogP contribution >= 0.6 is 0 Å². The third kappa shape index (κ3) is 2.51. The molecule has 1 N–H and O–H groups in total. The lowest BCUT2D eigenvalue weighted by Gasteiger charge is -2.14. The van der Waals surface area contributed by atoms with Crippen LogP contribution in [0.5, 0.6) is 5.75 Å². The van der Waals surface area contributed by atoms with Crippen molar-refractivity contribution in [2.45, 2.75) is 25.6 Å². The van der Waals surface area contributed by atoms with Crippen molar-refractivity contribution >= 4 is 20.7 Å². The van der Waals surface area contributed by atoms with E-state index < -0.39 is 9.84 Å². The quantitative estimate of drug-likeness (QED) is 0.929. The van der Waals surface area contributed by atoms with Crippen LogP contribution in [0.15, 0.2) is 24.3 Å². The number of aromatic hydroxyl groups is 1. The highest BCUT2D eigenvalue weighted by Gasteiger charge is 2.15. The van der Waals surface area contributed by atoms with E-state index in [0.717, 1.165) is 16.6 Å². The first-order valence-corrected chi connectivity index (χ1v) is 7.84. The van der Waals surface area contributed by atoms with Gasteiger partial charge in [-0.2, -0.15) is 0 Å². The number of nitrogens with zero attached hydrogens (tertiary/aromatic N) is 1. The summed E-state index contributed by atoms with van der Waals surface area (Å²) in [5, 5.41) is 10.5. The standard InChI is InChI=1S/C13H17NO3S/c1-9(2)14-11(8-18(3,16)17)6-10-4-5-12(15)7-13(10)14/h4-7,9,15H,8H2,1-3H3. The molecular formula is C13H17NO3S. The highest BCUT2D eigenvalue weighted by atomic mass is 32.2. The van der Waals surface area contributed by atoms with Gasteiger partial charge >= 0.3 is 0 Å². The molecule has 0 amide bonds. The summed E-state index contributed by atoms with van der Waals surface area (Å²) in [4.78, 5) is 0. The van der Waals surface area contributed by atoms with Gasteiger partial charge in [-0.3, -0.25) is 0 Å². The average Bonchev–Trinajstić information content (AvgIpc) is 2.51. The van der Waals surface area contributed by atoms with E-state index in [1.807, 2.05) is 24.5 Å². The minimum Gasteiger partial charge on any atom is -0.508 e. The van der Waals surface area contributed by atoms with E-state index in [4.69, 9.17) is 0 Å². The molecule has 18 heavy (non-hydrogen) atoms. The summed E-state index contributed by atoms with van der Waals surface area (Å²) >= 11 is 0. The minimum atomic E-state index is -3.07. The zero-order valence-electron chi connectivity index (χ0n) is 10.7. The Morgan fingerprint density at radius 1 is 1.28 bits per heavy atom. The number of benzene rings is 1. The van der Waals surface area contributed by atoms with E-state index in [1.165, 1.54) is 6.26 Å². The fraction of sp³-hybridized carbons (Fsp3) is 0.385. The van der Waals surface area contributed by atoms with Gasteiger partial charge in [0.25, 0.3) is 0 Å². The molecule has 0 saturated carbocycles. The van der Waals surface area contributed by atoms with Crippen molar-refractivity contribution in [3.8, 4) is 5.75 Å². The molecule has 0 aliphatic rings. The minimum absolute atomic E-state index is 0.0145. The number of hydrogen-bond donors (Lipinski definition) is 1. The highest BCUT2D eigenvalue weighted by molar-refractivity contribution is 7.89. The van der Waals surface area contributed by atoms with Crippen molar-refractivity contribution in [3.05, 3.63) is 30.0 Å². The van der Waals surface area contributed by atoms with Crippen LogP contribution in [0.25, 0.3) is 10.9 Å². The SMILES string of the molecule is CC(C)n1c(CS(C)(=O)=O)cc2ccc(O)cc21. The molecule has 0 radical (unpaired) electrons. The molecule has 0 bridgehead atoms. The van der Waals surface area contributed by atoms with Gasteiger partial charge in [0.05, 0.1) is 11.3 Å². The zero-order valence-corrected chi connectivity index (χ0v) is 11.5. The lowest BCUT2D eigenvalue weighted by atomic mass is 10.2. The van der Waals surface area contributed by atoms with Gasteiger partial charge in [-0.05, 0) is 32.0 Å². The summed E-state index contributed by atoms with van der Waals surface area (Å²) in [5.41, 5.74) is 1.62. The lowest BCUT2D eigenvalue weighted by molar-refractivity contribution is 0.475. The molecule has 0 saturated heterocycles. The Morgan fingerprint density at radius 2 is 1.94 bits per heavy atom. The number of rotatable bonds is 3. The van der Waals surface area contributed by atoms with Crippen molar-refractivity contribution in [2.75, 3.05) is 6.26 Å². The van der Waals surface area contributed by atoms with Crippen molar-refractivity contribution in [3.63, 3.8) is 0 Å². The van der Waals surface area contributed by atoms with E-state index in [1.54, 1.807) is 18.2 Å². The molecule has 1 heterocycles. The molecule has 2 aromatic rings. The van der Waals surface area contributed by atoms with Gasteiger partial charge < -0.3 is 9.67 Å². The van der Waals surface area contributed by atoms with Crippen LogP contribution in [0.1, 0.15) is 25.6 Å². The maximum absolute atomic E-state index is 11.5. The molecule has 0 unspecified atom stereocenters. The van der Waals surface area contributed by atoms with E-state index in [-0.39, 0.29) is 17.5 Å². The third-order valence-electron chi connectivity index (χ3n) is 2.83. The molecule has 5 heteroatoms. The van der Waals surface area contributed by atoms with Crippen LogP contribution in [0.3, 0.4) is 0 Å². The smallest absolute Gasteiger partial charge is 0.153 e. The van der Waals surface area contributed by atoms with Crippen LogP contribution in [0.2, 0.25) is 0 Å². The number of hydrogen-bond acceptors (Lipinski definition) is 3. The third-order valence-corrected chi connectivity index (χ3v) is 3.65. The first kappa shape index (κ1) is 13.0. The lowest BCUT2D eigenvalue weighted by Crippen LogP contribution is -2.09. The second-order valence-electron chi connectivity index (χ2n) is 4.91. The Bertz CT molecular complexity index is 684. The molecule has 4 nitrogen and oxygen atoms in total. The highest BCUT2D eigenvalue weighted by Crippen LogP contribution is 2.28. The first-order chi connectivity index (χ1) is 8.28. The normalized spacial score (nSPS) is 12.4. The molecule has 0 aliphatic carbocycles. The first-order valence-electron chi connectivity index (χ1n) is 5.78. The van der Waals surface area contributed by atoms with Gasteiger partial charge in [0.2, 0.25) is 0 Å². The monoisotopic (exact) mass is 267 g/mol. The van der Waals surface area contributed by atoms with Gasteiger partial charge in [-0.15, -0.1) is 0 Å². The molecule has 1 aromatic carbocycles. The Hall–Kier alpha value is -1.49. The summed E-state index contributed by atoms with van der Waals surface area (Å²) in [5.74, 6) is 0.203. The number of phenols is 1. The number of fused-ring (bicyclic) bond motifs is 1. The van der Waals surface area contributed by atoms with Crippen LogP contribution in [-0.2, 0) is 15.6 Å². The summed E-state index contributed by atoms with van der Waals surface area (Å²) in [6.45, 7) is 3.99. The zero-order chi connectivity index (χ0) is 13.5. The van der Waals surface area contributed by atoms with Crippen molar-refractivity contribution in [1.29, 1.82) is 0 Å². The van der Waals surface area contributed by atoms with Crippen LogP contribution in [0.4, 0.5) is 0 Å². The van der Waals surface area contributed by atoms with Gasteiger partial charge in [0, 0.05) is 29.4 Å². The summed E-state index contributed by atoms with van der Waals surface area (Å²) in [6, 6.07) is 7.09. The molecule has 2 rings (SSSR count). The maximum Gasteiger partial charge on any atom is 0.153 e. The average molecular weight is 267 g/mol.